The molecule has 0 bridgehead atoms. The molecule has 0 aromatic carbocycles. The van der Waals surface area contributed by atoms with Crippen LogP contribution in [0.15, 0.2) is 18.5 Å². The normalized spacial score (nSPS) is 26.3. The van der Waals surface area contributed by atoms with E-state index in [1.807, 2.05) is 17.3 Å². The molecule has 0 aliphatic carbocycles. The van der Waals surface area contributed by atoms with Crippen LogP contribution < -0.4 is 0 Å². The predicted octanol–water partition coefficient (Wildman–Crippen LogP) is 1.85. The molecular weight excluding hydrogens is 290 g/mol. The van der Waals surface area contributed by atoms with E-state index in [0.29, 0.717) is 5.92 Å². The Balaban J connectivity index is 1.68. The Kier molecular flexibility index (Phi) is 4.97. The number of fused-ring (bicyclic) bond motifs is 1. The summed E-state index contributed by atoms with van der Waals surface area (Å²) in [6, 6.07) is 2.34. The van der Waals surface area contributed by atoms with E-state index in [9.17, 15) is 4.79 Å². The molecule has 0 spiro atoms. The first-order valence-electron chi connectivity index (χ1n) is 8.57. The van der Waals surface area contributed by atoms with Gasteiger partial charge >= 0.3 is 0 Å². The summed E-state index contributed by atoms with van der Waals surface area (Å²) in [4.78, 5) is 20.8. The zero-order chi connectivity index (χ0) is 16.4. The molecule has 0 saturated carbocycles. The number of aromatic nitrogens is 1. The number of hydrogen-bond acceptors (Lipinski definition) is 4. The Morgan fingerprint density at radius 2 is 2.22 bits per heavy atom. The molecule has 2 aliphatic rings. The average Bonchev–Trinajstić information content (AvgIpc) is 2.69. The van der Waals surface area contributed by atoms with Crippen LogP contribution in [0.1, 0.15) is 31.4 Å². The fourth-order valence-corrected chi connectivity index (χ4v) is 3.66. The van der Waals surface area contributed by atoms with Crippen molar-refractivity contribution in [2.45, 2.75) is 45.9 Å². The number of hydrogen-bond donors (Lipinski definition) is 0. The number of carbonyl (C=O) groups is 1. The maximum Gasteiger partial charge on any atom is 0.248 e. The maximum absolute atomic E-state index is 12.2. The van der Waals surface area contributed by atoms with Crippen molar-refractivity contribution in [3.05, 3.63) is 29.6 Å². The van der Waals surface area contributed by atoms with Gasteiger partial charge in [0.05, 0.1) is 6.10 Å². The van der Waals surface area contributed by atoms with Gasteiger partial charge in [0.25, 0.3) is 0 Å². The highest BCUT2D eigenvalue weighted by Gasteiger charge is 2.36. The summed E-state index contributed by atoms with van der Waals surface area (Å²) in [6.07, 6.45) is 5.02. The van der Waals surface area contributed by atoms with Gasteiger partial charge < -0.3 is 9.64 Å². The largest absolute Gasteiger partial charge is 0.368 e. The molecular formula is C18H27N3O2. The van der Waals surface area contributed by atoms with Crippen LogP contribution >= 0.6 is 0 Å². The molecule has 2 aliphatic heterocycles. The molecule has 2 fully saturated rings. The van der Waals surface area contributed by atoms with E-state index in [0.717, 1.165) is 32.6 Å². The van der Waals surface area contributed by atoms with Crippen molar-refractivity contribution in [1.29, 1.82) is 0 Å². The summed E-state index contributed by atoms with van der Waals surface area (Å²) in [7, 11) is 0. The number of ether oxygens (including phenoxy) is 1. The molecule has 0 N–H and O–H groups in total. The van der Waals surface area contributed by atoms with Crippen molar-refractivity contribution in [2.24, 2.45) is 5.92 Å². The summed E-state index contributed by atoms with van der Waals surface area (Å²) in [5, 5.41) is 0. The lowest BCUT2D eigenvalue weighted by Gasteiger charge is -2.38. The van der Waals surface area contributed by atoms with Crippen molar-refractivity contribution in [3.8, 4) is 0 Å². The van der Waals surface area contributed by atoms with Crippen molar-refractivity contribution >= 4 is 5.91 Å². The van der Waals surface area contributed by atoms with E-state index in [-0.39, 0.29) is 24.7 Å². The first kappa shape index (κ1) is 16.4. The van der Waals surface area contributed by atoms with E-state index in [4.69, 9.17) is 4.74 Å². The van der Waals surface area contributed by atoms with Crippen LogP contribution in [0.25, 0.3) is 0 Å². The van der Waals surface area contributed by atoms with Gasteiger partial charge in [0, 0.05) is 50.5 Å². The number of carbonyl (C=O) groups excluding carboxylic acids is 1. The smallest absolute Gasteiger partial charge is 0.248 e. The quantitative estimate of drug-likeness (QED) is 0.853. The molecule has 126 valence electrons. The molecule has 5 nitrogen and oxygen atoms in total. The second kappa shape index (κ2) is 6.97. The Labute approximate surface area is 138 Å². The lowest BCUT2D eigenvalue weighted by molar-refractivity contribution is -0.136. The third kappa shape index (κ3) is 3.72. The number of likely N-dealkylation sites (tertiary alicyclic amines) is 1. The number of rotatable bonds is 3. The lowest BCUT2D eigenvalue weighted by atomic mass is 9.93. The number of piperidine rings is 1. The molecule has 2 atom stereocenters. The van der Waals surface area contributed by atoms with Gasteiger partial charge in [-0.1, -0.05) is 0 Å². The minimum Gasteiger partial charge on any atom is -0.368 e. The van der Waals surface area contributed by atoms with Crippen molar-refractivity contribution < 1.29 is 9.53 Å². The van der Waals surface area contributed by atoms with Gasteiger partial charge in [-0.2, -0.15) is 0 Å². The molecule has 0 unspecified atom stereocenters. The summed E-state index contributed by atoms with van der Waals surface area (Å²) in [5.41, 5.74) is 2.58. The number of nitrogens with zero attached hydrogens (tertiary/aromatic N) is 3. The fraction of sp³-hybridized carbons (Fsp3) is 0.667. The Bertz CT molecular complexity index is 561. The first-order valence-corrected chi connectivity index (χ1v) is 8.57. The Morgan fingerprint density at radius 1 is 1.39 bits per heavy atom. The first-order chi connectivity index (χ1) is 11.0. The molecule has 3 heterocycles. The number of amides is 1. The van der Waals surface area contributed by atoms with Gasteiger partial charge in [0.15, 0.2) is 0 Å². The zero-order valence-electron chi connectivity index (χ0n) is 14.4. The minimum atomic E-state index is 0.130. The summed E-state index contributed by atoms with van der Waals surface area (Å²) >= 11 is 0. The molecule has 1 aromatic rings. The SMILES string of the molecule is Cc1cnccc1CN1CC[C@@H]2OCC(=O)N(C(C)C)C[C@H]2C1. The van der Waals surface area contributed by atoms with E-state index < -0.39 is 0 Å². The van der Waals surface area contributed by atoms with E-state index in [1.165, 1.54) is 11.1 Å². The van der Waals surface area contributed by atoms with Crippen LogP contribution in [0, 0.1) is 12.8 Å². The van der Waals surface area contributed by atoms with Gasteiger partial charge in [0.1, 0.15) is 6.61 Å². The van der Waals surface area contributed by atoms with E-state index in [1.54, 1.807) is 0 Å². The second-order valence-corrected chi connectivity index (χ2v) is 7.08. The number of pyridine rings is 1. The van der Waals surface area contributed by atoms with Crippen molar-refractivity contribution in [3.63, 3.8) is 0 Å². The predicted molar refractivity (Wildman–Crippen MR) is 88.9 cm³/mol. The fourth-order valence-electron chi connectivity index (χ4n) is 3.66. The average molecular weight is 317 g/mol. The van der Waals surface area contributed by atoms with Crippen LogP contribution in [0.4, 0.5) is 0 Å². The highest BCUT2D eigenvalue weighted by Crippen LogP contribution is 2.26. The third-order valence-corrected chi connectivity index (χ3v) is 5.07. The highest BCUT2D eigenvalue weighted by atomic mass is 16.5. The molecule has 2 saturated heterocycles. The molecule has 3 rings (SSSR count). The van der Waals surface area contributed by atoms with Gasteiger partial charge in [-0.15, -0.1) is 0 Å². The summed E-state index contributed by atoms with van der Waals surface area (Å²) in [5.74, 6) is 0.533. The van der Waals surface area contributed by atoms with Crippen LogP contribution in [-0.4, -0.2) is 59.1 Å². The number of aryl methyl sites for hydroxylation is 1. The summed E-state index contributed by atoms with van der Waals surface area (Å²) in [6.45, 7) is 10.3. The van der Waals surface area contributed by atoms with Crippen LogP contribution in [0.2, 0.25) is 0 Å². The van der Waals surface area contributed by atoms with Crippen LogP contribution in [0.5, 0.6) is 0 Å². The molecule has 1 amide bonds. The van der Waals surface area contributed by atoms with Crippen molar-refractivity contribution in [2.75, 3.05) is 26.2 Å². The maximum atomic E-state index is 12.2. The van der Waals surface area contributed by atoms with Gasteiger partial charge in [-0.05, 0) is 44.4 Å². The molecule has 0 radical (unpaired) electrons. The Hall–Kier alpha value is -1.46. The van der Waals surface area contributed by atoms with Gasteiger partial charge in [-0.25, -0.2) is 0 Å². The van der Waals surface area contributed by atoms with Gasteiger partial charge in [0.2, 0.25) is 5.91 Å². The highest BCUT2D eigenvalue weighted by molar-refractivity contribution is 5.78. The third-order valence-electron chi connectivity index (χ3n) is 5.07. The van der Waals surface area contributed by atoms with Crippen molar-refractivity contribution in [1.82, 2.24) is 14.8 Å². The van der Waals surface area contributed by atoms with Gasteiger partial charge in [-0.3, -0.25) is 14.7 Å². The Morgan fingerprint density at radius 3 is 2.96 bits per heavy atom. The van der Waals surface area contributed by atoms with E-state index in [2.05, 4.69) is 36.7 Å². The molecule has 23 heavy (non-hydrogen) atoms. The molecule has 1 aromatic heterocycles. The standard InChI is InChI=1S/C18H27N3O2/c1-13(2)21-11-16-10-20(7-5-17(16)23-12-18(21)22)9-15-4-6-19-8-14(15)3/h4,6,8,13,16-17H,5,7,9-12H2,1-3H3/t16-,17+/m1/s1. The monoisotopic (exact) mass is 317 g/mol. The second-order valence-electron chi connectivity index (χ2n) is 7.08. The van der Waals surface area contributed by atoms with Crippen LogP contribution in [-0.2, 0) is 16.1 Å². The van der Waals surface area contributed by atoms with Crippen LogP contribution in [0.3, 0.4) is 0 Å². The zero-order valence-corrected chi connectivity index (χ0v) is 14.4. The van der Waals surface area contributed by atoms with E-state index >= 15 is 0 Å². The summed E-state index contributed by atoms with van der Waals surface area (Å²) < 4.78 is 5.89. The molecule has 5 heteroatoms. The topological polar surface area (TPSA) is 45.7 Å². The minimum absolute atomic E-state index is 0.130. The lowest BCUT2D eigenvalue weighted by Crippen LogP contribution is -2.48.